The van der Waals surface area contributed by atoms with E-state index in [9.17, 15) is 9.90 Å². The largest absolute Gasteiger partial charge is 0.511 e. The number of carbonyl (C=O) groups excluding carboxylic acids is 1. The number of hydrogen-bond acceptors (Lipinski definition) is 3. The van der Waals surface area contributed by atoms with Crippen LogP contribution in [-0.4, -0.2) is 17.1 Å². The van der Waals surface area contributed by atoms with Crippen LogP contribution in [0.15, 0.2) is 64.9 Å². The topological polar surface area (TPSA) is 49.7 Å². The van der Waals surface area contributed by atoms with Crippen LogP contribution in [0.25, 0.3) is 0 Å². The van der Waals surface area contributed by atoms with E-state index in [1.807, 2.05) is 30.3 Å². The van der Waals surface area contributed by atoms with Crippen LogP contribution in [0.2, 0.25) is 10.0 Å². The molecule has 0 heterocycles. The normalized spacial score (nSPS) is 18.4. The number of hydrogen-bond donors (Lipinski definition) is 1. The number of aliphatic hydroxyl groups excluding tert-OH is 1. The minimum atomic E-state index is -0.130. The Morgan fingerprint density at radius 3 is 2.54 bits per heavy atom. The Kier molecular flexibility index (Phi) is 5.03. The van der Waals surface area contributed by atoms with Gasteiger partial charge in [-0.05, 0) is 29.7 Å². The molecule has 1 aliphatic rings. The molecule has 0 spiro atoms. The predicted octanol–water partition coefficient (Wildman–Crippen LogP) is 5.65. The highest BCUT2D eigenvalue weighted by molar-refractivity contribution is 6.35. The molecule has 1 aliphatic carbocycles. The first-order valence-electron chi connectivity index (χ1n) is 7.54. The minimum absolute atomic E-state index is 0.00870. The molecule has 1 atom stereocenters. The molecule has 0 bridgehead atoms. The third-order valence-electron chi connectivity index (χ3n) is 3.99. The smallest absolute Gasteiger partial charge is 0.168 e. The minimum Gasteiger partial charge on any atom is -0.511 e. The van der Waals surface area contributed by atoms with Crippen molar-refractivity contribution < 1.29 is 9.90 Å². The highest BCUT2D eigenvalue weighted by Gasteiger charge is 2.27. The third-order valence-corrected chi connectivity index (χ3v) is 4.55. The lowest BCUT2D eigenvalue weighted by atomic mass is 9.83. The molecule has 0 fully saturated rings. The van der Waals surface area contributed by atoms with Gasteiger partial charge in [-0.3, -0.25) is 9.79 Å². The number of carbonyl (C=O) groups is 1. The fourth-order valence-electron chi connectivity index (χ4n) is 2.74. The van der Waals surface area contributed by atoms with E-state index >= 15 is 0 Å². The van der Waals surface area contributed by atoms with Crippen molar-refractivity contribution in [3.8, 4) is 0 Å². The molecular formula is C19H15Cl2NO2. The monoisotopic (exact) mass is 359 g/mol. The summed E-state index contributed by atoms with van der Waals surface area (Å²) in [6, 6.07) is 14.6. The summed E-state index contributed by atoms with van der Waals surface area (Å²) in [5.41, 5.74) is 1.74. The van der Waals surface area contributed by atoms with Gasteiger partial charge in [0.1, 0.15) is 5.76 Å². The quantitative estimate of drug-likeness (QED) is 0.719. The van der Waals surface area contributed by atoms with E-state index in [2.05, 4.69) is 4.99 Å². The second-order valence-corrected chi connectivity index (χ2v) is 6.50. The summed E-state index contributed by atoms with van der Waals surface area (Å²) in [5.74, 6) is -0.0814. The lowest BCUT2D eigenvalue weighted by Crippen LogP contribution is -2.19. The van der Waals surface area contributed by atoms with Gasteiger partial charge < -0.3 is 5.11 Å². The zero-order valence-electron chi connectivity index (χ0n) is 12.7. The van der Waals surface area contributed by atoms with Crippen molar-refractivity contribution in [3.63, 3.8) is 0 Å². The fourth-order valence-corrected chi connectivity index (χ4v) is 3.07. The Hall–Kier alpha value is -2.10. The summed E-state index contributed by atoms with van der Waals surface area (Å²) in [6.07, 6.45) is 2.13. The maximum absolute atomic E-state index is 12.4. The van der Waals surface area contributed by atoms with E-state index in [0.29, 0.717) is 28.6 Å². The fraction of sp³-hybridized carbons (Fsp3) is 0.158. The zero-order valence-corrected chi connectivity index (χ0v) is 14.3. The summed E-state index contributed by atoms with van der Waals surface area (Å²) >= 11 is 12.0. The molecule has 0 aliphatic heterocycles. The Morgan fingerprint density at radius 1 is 1.08 bits per heavy atom. The van der Waals surface area contributed by atoms with E-state index in [4.69, 9.17) is 23.2 Å². The van der Waals surface area contributed by atoms with Crippen molar-refractivity contribution in [3.05, 3.63) is 75.5 Å². The SMILES string of the molecule is O=C1CC(c2ccccc2)CC(O)=C1C=Nc1cc(Cl)ccc1Cl. The van der Waals surface area contributed by atoms with Crippen LogP contribution in [0.3, 0.4) is 0 Å². The molecule has 0 aromatic heterocycles. The van der Waals surface area contributed by atoms with Gasteiger partial charge in [-0.25, -0.2) is 0 Å². The molecule has 3 nitrogen and oxygen atoms in total. The highest BCUT2D eigenvalue weighted by Crippen LogP contribution is 2.34. The van der Waals surface area contributed by atoms with E-state index in [-0.39, 0.29) is 23.0 Å². The van der Waals surface area contributed by atoms with Crippen molar-refractivity contribution in [2.24, 2.45) is 4.99 Å². The van der Waals surface area contributed by atoms with Crippen LogP contribution in [0.1, 0.15) is 24.3 Å². The maximum Gasteiger partial charge on any atom is 0.168 e. The van der Waals surface area contributed by atoms with Gasteiger partial charge in [-0.15, -0.1) is 0 Å². The van der Waals surface area contributed by atoms with Gasteiger partial charge in [0, 0.05) is 24.1 Å². The van der Waals surface area contributed by atoms with Gasteiger partial charge in [0.05, 0.1) is 16.3 Å². The Morgan fingerprint density at radius 2 is 1.83 bits per heavy atom. The second kappa shape index (κ2) is 7.20. The zero-order chi connectivity index (χ0) is 17.1. The third kappa shape index (κ3) is 3.69. The molecule has 1 unspecified atom stereocenters. The average molecular weight is 360 g/mol. The average Bonchev–Trinajstić information content (AvgIpc) is 2.57. The number of aliphatic hydroxyl groups is 1. The first-order valence-corrected chi connectivity index (χ1v) is 8.29. The number of allylic oxidation sites excluding steroid dienone is 2. The number of ketones is 1. The van der Waals surface area contributed by atoms with Gasteiger partial charge >= 0.3 is 0 Å². The van der Waals surface area contributed by atoms with E-state index in [1.54, 1.807) is 18.2 Å². The van der Waals surface area contributed by atoms with E-state index in [1.165, 1.54) is 6.21 Å². The van der Waals surface area contributed by atoms with Crippen LogP contribution in [-0.2, 0) is 4.79 Å². The lowest BCUT2D eigenvalue weighted by molar-refractivity contribution is -0.116. The van der Waals surface area contributed by atoms with Gasteiger partial charge in [0.2, 0.25) is 0 Å². The van der Waals surface area contributed by atoms with E-state index < -0.39 is 0 Å². The standard InChI is InChI=1S/C19H15Cl2NO2/c20-14-6-7-16(21)17(10-14)22-11-15-18(23)8-13(9-19(15)24)12-4-2-1-3-5-12/h1-7,10-11,13,23H,8-9H2. The molecule has 5 heteroatoms. The van der Waals surface area contributed by atoms with Crippen LogP contribution in [0.4, 0.5) is 5.69 Å². The Labute approximate surface area is 150 Å². The van der Waals surface area contributed by atoms with Crippen molar-refractivity contribution in [1.29, 1.82) is 0 Å². The van der Waals surface area contributed by atoms with Gasteiger partial charge in [0.15, 0.2) is 5.78 Å². The van der Waals surface area contributed by atoms with Crippen LogP contribution < -0.4 is 0 Å². The maximum atomic E-state index is 12.4. The van der Waals surface area contributed by atoms with Crippen LogP contribution in [0, 0.1) is 0 Å². The molecule has 0 saturated heterocycles. The number of halogens is 2. The number of rotatable bonds is 3. The van der Waals surface area contributed by atoms with E-state index in [0.717, 1.165) is 5.56 Å². The Bertz CT molecular complexity index is 829. The molecule has 3 rings (SSSR count). The predicted molar refractivity (Wildman–Crippen MR) is 97.7 cm³/mol. The summed E-state index contributed by atoms with van der Waals surface area (Å²) < 4.78 is 0. The Balaban J connectivity index is 1.84. The molecule has 0 radical (unpaired) electrons. The molecule has 1 N–H and O–H groups in total. The molecule has 2 aromatic rings. The summed E-state index contributed by atoms with van der Waals surface area (Å²) in [4.78, 5) is 16.6. The number of Topliss-reactive ketones (excluding diaryl/α,β-unsaturated/α-hetero) is 1. The van der Waals surface area contributed by atoms with Crippen LogP contribution >= 0.6 is 23.2 Å². The summed E-state index contributed by atoms with van der Waals surface area (Å²) in [7, 11) is 0. The van der Waals surface area contributed by atoms with Crippen molar-refractivity contribution >= 4 is 40.9 Å². The number of aliphatic imine (C=N–C) groups is 1. The number of benzene rings is 2. The van der Waals surface area contributed by atoms with Crippen LogP contribution in [0.5, 0.6) is 0 Å². The summed E-state index contributed by atoms with van der Waals surface area (Å²) in [5, 5.41) is 11.2. The van der Waals surface area contributed by atoms with Crippen molar-refractivity contribution in [2.45, 2.75) is 18.8 Å². The highest BCUT2D eigenvalue weighted by atomic mass is 35.5. The second-order valence-electron chi connectivity index (χ2n) is 5.65. The van der Waals surface area contributed by atoms with Gasteiger partial charge in [-0.2, -0.15) is 0 Å². The molecule has 24 heavy (non-hydrogen) atoms. The number of nitrogens with zero attached hydrogens (tertiary/aromatic N) is 1. The van der Waals surface area contributed by atoms with Gasteiger partial charge in [-0.1, -0.05) is 53.5 Å². The molecule has 2 aromatic carbocycles. The molecule has 122 valence electrons. The lowest BCUT2D eigenvalue weighted by Gasteiger charge is -2.22. The molecule has 0 saturated carbocycles. The first kappa shape index (κ1) is 16.7. The molecule has 0 amide bonds. The molecular weight excluding hydrogens is 345 g/mol. The first-order chi connectivity index (χ1) is 11.5. The van der Waals surface area contributed by atoms with Gasteiger partial charge in [0.25, 0.3) is 0 Å². The van der Waals surface area contributed by atoms with Crippen molar-refractivity contribution in [2.75, 3.05) is 0 Å². The van der Waals surface area contributed by atoms with Crippen molar-refractivity contribution in [1.82, 2.24) is 0 Å². The summed E-state index contributed by atoms with van der Waals surface area (Å²) in [6.45, 7) is 0.